The van der Waals surface area contributed by atoms with Gasteiger partial charge in [-0.15, -0.1) is 0 Å². The van der Waals surface area contributed by atoms with E-state index in [0.717, 1.165) is 0 Å². The van der Waals surface area contributed by atoms with E-state index in [2.05, 4.69) is 30.3 Å². The summed E-state index contributed by atoms with van der Waals surface area (Å²) in [6.45, 7) is 0. The zero-order valence-electron chi connectivity index (χ0n) is 9.36. The summed E-state index contributed by atoms with van der Waals surface area (Å²) in [6, 6.07) is 11.2. The molecule has 0 spiro atoms. The fraction of sp³-hybridized carbons (Fsp3) is 0.571. The summed E-state index contributed by atoms with van der Waals surface area (Å²) in [5, 5.41) is 0. The summed E-state index contributed by atoms with van der Waals surface area (Å²) in [6.07, 6.45) is 7.77. The van der Waals surface area contributed by atoms with Gasteiger partial charge in [0.25, 0.3) is 0 Å². The van der Waals surface area contributed by atoms with Crippen LogP contribution in [0.1, 0.15) is 37.7 Å². The van der Waals surface area contributed by atoms with Crippen LogP contribution in [0.3, 0.4) is 0 Å². The van der Waals surface area contributed by atoms with Crippen molar-refractivity contribution < 1.29 is 0 Å². The Morgan fingerprint density at radius 2 is 1.73 bits per heavy atom. The second-order valence-corrected chi connectivity index (χ2v) is 4.75. The van der Waals surface area contributed by atoms with Crippen LogP contribution in [0, 0.1) is 5.92 Å². The van der Waals surface area contributed by atoms with E-state index in [1.165, 1.54) is 44.1 Å². The van der Waals surface area contributed by atoms with Crippen molar-refractivity contribution >= 4 is 0 Å². The van der Waals surface area contributed by atoms with Gasteiger partial charge in [0.15, 0.2) is 0 Å². The first-order valence-corrected chi connectivity index (χ1v) is 6.16. The highest BCUT2D eigenvalue weighted by Gasteiger charge is 2.20. The van der Waals surface area contributed by atoms with Crippen LogP contribution in [0.15, 0.2) is 30.3 Å². The molecule has 82 valence electrons. The summed E-state index contributed by atoms with van der Waals surface area (Å²) in [5.41, 5.74) is 7.67. The normalized spacial score (nSPS) is 27.3. The van der Waals surface area contributed by atoms with Crippen LogP contribution in [-0.4, -0.2) is 6.04 Å². The van der Waals surface area contributed by atoms with E-state index in [1.807, 2.05) is 0 Å². The predicted octanol–water partition coefficient (Wildman–Crippen LogP) is 3.14. The first kappa shape index (κ1) is 10.7. The molecule has 0 unspecified atom stereocenters. The molecule has 0 bridgehead atoms. The molecule has 0 heterocycles. The summed E-state index contributed by atoms with van der Waals surface area (Å²) in [4.78, 5) is 0. The van der Waals surface area contributed by atoms with Gasteiger partial charge < -0.3 is 5.73 Å². The Balaban J connectivity index is 1.97. The van der Waals surface area contributed by atoms with Gasteiger partial charge >= 0.3 is 0 Å². The molecule has 1 aliphatic rings. The smallest absolute Gasteiger partial charge is 0.00703 e. The maximum absolute atomic E-state index is 6.23. The van der Waals surface area contributed by atoms with Crippen molar-refractivity contribution in [3.63, 3.8) is 0 Å². The van der Waals surface area contributed by atoms with Crippen molar-refractivity contribution in [2.45, 2.75) is 44.6 Å². The molecule has 0 radical (unpaired) electrons. The minimum Gasteiger partial charge on any atom is -0.327 e. The molecule has 1 heteroatoms. The Labute approximate surface area is 92.7 Å². The lowest BCUT2D eigenvalue weighted by Crippen LogP contribution is -2.30. The highest BCUT2D eigenvalue weighted by molar-refractivity contribution is 5.15. The van der Waals surface area contributed by atoms with Crippen molar-refractivity contribution in [2.75, 3.05) is 0 Å². The Morgan fingerprint density at radius 1 is 1.00 bits per heavy atom. The van der Waals surface area contributed by atoms with Crippen molar-refractivity contribution in [1.29, 1.82) is 0 Å². The number of benzene rings is 1. The van der Waals surface area contributed by atoms with E-state index in [9.17, 15) is 0 Å². The van der Waals surface area contributed by atoms with Gasteiger partial charge in [0.2, 0.25) is 0 Å². The molecule has 1 nitrogen and oxygen atoms in total. The Bertz CT molecular complexity index is 281. The third-order valence-electron chi connectivity index (χ3n) is 3.56. The number of nitrogens with two attached hydrogens (primary N) is 1. The average Bonchev–Trinajstić information content (AvgIpc) is 2.46. The zero-order valence-corrected chi connectivity index (χ0v) is 9.36. The summed E-state index contributed by atoms with van der Waals surface area (Å²) >= 11 is 0. The van der Waals surface area contributed by atoms with Crippen molar-refractivity contribution in [3.8, 4) is 0 Å². The molecule has 0 amide bonds. The van der Waals surface area contributed by atoms with Crippen molar-refractivity contribution in [1.82, 2.24) is 0 Å². The molecule has 0 aliphatic heterocycles. The Kier molecular flexibility index (Phi) is 3.79. The Hall–Kier alpha value is -0.820. The predicted molar refractivity (Wildman–Crippen MR) is 64.7 cm³/mol. The third kappa shape index (κ3) is 3.07. The van der Waals surface area contributed by atoms with E-state index in [1.54, 1.807) is 0 Å². The van der Waals surface area contributed by atoms with Crippen LogP contribution in [-0.2, 0) is 6.42 Å². The second-order valence-electron chi connectivity index (χ2n) is 4.75. The molecule has 0 aromatic heterocycles. The highest BCUT2D eigenvalue weighted by atomic mass is 14.6. The second kappa shape index (κ2) is 5.32. The van der Waals surface area contributed by atoms with E-state index in [-0.39, 0.29) is 0 Å². The summed E-state index contributed by atoms with van der Waals surface area (Å²) in [7, 11) is 0. The molecule has 0 saturated heterocycles. The quantitative estimate of drug-likeness (QED) is 0.734. The van der Waals surface area contributed by atoms with E-state index < -0.39 is 0 Å². The largest absolute Gasteiger partial charge is 0.327 e. The molecular formula is C14H21N. The number of hydrogen-bond donors (Lipinski definition) is 1. The van der Waals surface area contributed by atoms with Crippen LogP contribution in [0.5, 0.6) is 0 Å². The lowest BCUT2D eigenvalue weighted by molar-refractivity contribution is 0.395. The highest BCUT2D eigenvalue weighted by Crippen LogP contribution is 2.25. The molecule has 2 rings (SSSR count). The van der Waals surface area contributed by atoms with Crippen molar-refractivity contribution in [2.24, 2.45) is 11.7 Å². The minimum absolute atomic E-state index is 0.424. The van der Waals surface area contributed by atoms with Crippen LogP contribution >= 0.6 is 0 Å². The molecule has 1 aromatic carbocycles. The van der Waals surface area contributed by atoms with Crippen LogP contribution in [0.25, 0.3) is 0 Å². The summed E-state index contributed by atoms with van der Waals surface area (Å²) < 4.78 is 0. The molecular weight excluding hydrogens is 182 g/mol. The monoisotopic (exact) mass is 203 g/mol. The molecule has 1 saturated carbocycles. The van der Waals surface area contributed by atoms with Gasteiger partial charge in [-0.25, -0.2) is 0 Å². The van der Waals surface area contributed by atoms with Crippen molar-refractivity contribution in [3.05, 3.63) is 35.9 Å². The van der Waals surface area contributed by atoms with Crippen LogP contribution < -0.4 is 5.73 Å². The molecule has 2 atom stereocenters. The number of rotatable bonds is 2. The maximum atomic E-state index is 6.23. The zero-order chi connectivity index (χ0) is 10.5. The standard InChI is InChI=1S/C14H21N/c15-14-10-6-2-5-9-13(14)11-12-7-3-1-4-8-12/h1,3-4,7-8,13-14H,2,5-6,9-11,15H2/t13-,14-/m0/s1. The van der Waals surface area contributed by atoms with Gasteiger partial charge in [-0.1, -0.05) is 49.6 Å². The average molecular weight is 203 g/mol. The first-order valence-electron chi connectivity index (χ1n) is 6.16. The molecule has 2 N–H and O–H groups in total. The van der Waals surface area contributed by atoms with E-state index >= 15 is 0 Å². The fourth-order valence-electron chi connectivity index (χ4n) is 2.58. The number of hydrogen-bond acceptors (Lipinski definition) is 1. The van der Waals surface area contributed by atoms with Gasteiger partial charge in [0.1, 0.15) is 0 Å². The minimum atomic E-state index is 0.424. The van der Waals surface area contributed by atoms with Gasteiger partial charge in [-0.05, 0) is 30.7 Å². The molecule has 1 fully saturated rings. The maximum Gasteiger partial charge on any atom is 0.00703 e. The van der Waals surface area contributed by atoms with Gasteiger partial charge in [-0.3, -0.25) is 0 Å². The van der Waals surface area contributed by atoms with Gasteiger partial charge in [0.05, 0.1) is 0 Å². The Morgan fingerprint density at radius 3 is 2.53 bits per heavy atom. The molecule has 15 heavy (non-hydrogen) atoms. The topological polar surface area (TPSA) is 26.0 Å². The lowest BCUT2D eigenvalue weighted by Gasteiger charge is -2.21. The summed E-state index contributed by atoms with van der Waals surface area (Å²) in [5.74, 6) is 0.704. The first-order chi connectivity index (χ1) is 7.36. The van der Waals surface area contributed by atoms with Gasteiger partial charge in [0, 0.05) is 6.04 Å². The van der Waals surface area contributed by atoms with E-state index in [4.69, 9.17) is 5.73 Å². The lowest BCUT2D eigenvalue weighted by atomic mass is 9.89. The SMILES string of the molecule is N[C@H]1CCCCC[C@H]1Cc1ccccc1. The molecule has 1 aromatic rings. The van der Waals surface area contributed by atoms with Crippen LogP contribution in [0.2, 0.25) is 0 Å². The fourth-order valence-corrected chi connectivity index (χ4v) is 2.58. The van der Waals surface area contributed by atoms with Gasteiger partial charge in [-0.2, -0.15) is 0 Å². The third-order valence-corrected chi connectivity index (χ3v) is 3.56. The van der Waals surface area contributed by atoms with Crippen LogP contribution in [0.4, 0.5) is 0 Å². The molecule has 1 aliphatic carbocycles. The van der Waals surface area contributed by atoms with E-state index in [0.29, 0.717) is 12.0 Å².